The number of nitrogens with one attached hydrogen (secondary N) is 1. The van der Waals surface area contributed by atoms with Crippen LogP contribution >= 0.6 is 11.8 Å². The van der Waals surface area contributed by atoms with Crippen molar-refractivity contribution in [2.75, 3.05) is 18.9 Å². The lowest BCUT2D eigenvalue weighted by Gasteiger charge is -2.14. The van der Waals surface area contributed by atoms with Gasteiger partial charge in [0.1, 0.15) is 0 Å². The van der Waals surface area contributed by atoms with Crippen LogP contribution in [0.4, 0.5) is 0 Å². The van der Waals surface area contributed by atoms with Crippen molar-refractivity contribution in [3.8, 4) is 0 Å². The van der Waals surface area contributed by atoms with Crippen molar-refractivity contribution >= 4 is 11.8 Å². The second-order valence-electron chi connectivity index (χ2n) is 5.01. The van der Waals surface area contributed by atoms with Gasteiger partial charge in [-0.25, -0.2) is 0 Å². The van der Waals surface area contributed by atoms with Crippen LogP contribution in [0.2, 0.25) is 0 Å². The maximum atomic E-state index is 5.54. The van der Waals surface area contributed by atoms with Gasteiger partial charge in [-0.1, -0.05) is 19.1 Å². The Morgan fingerprint density at radius 1 is 1.16 bits per heavy atom. The molecule has 1 unspecified atom stereocenters. The van der Waals surface area contributed by atoms with E-state index in [2.05, 4.69) is 57.3 Å². The molecule has 1 rings (SSSR count). The molecule has 3 heteroatoms. The lowest BCUT2D eigenvalue weighted by molar-refractivity contribution is 0.0920. The number of hydrogen-bond donors (Lipinski definition) is 1. The number of rotatable bonds is 9. The third kappa shape index (κ3) is 7.00. The molecule has 19 heavy (non-hydrogen) atoms. The van der Waals surface area contributed by atoms with Crippen LogP contribution in [0.1, 0.15) is 45.7 Å². The summed E-state index contributed by atoms with van der Waals surface area (Å²) < 4.78 is 5.54. The van der Waals surface area contributed by atoms with Gasteiger partial charge >= 0.3 is 0 Å². The van der Waals surface area contributed by atoms with Gasteiger partial charge in [-0.2, -0.15) is 0 Å². The van der Waals surface area contributed by atoms with Gasteiger partial charge in [0, 0.05) is 16.7 Å². The van der Waals surface area contributed by atoms with Crippen LogP contribution in [-0.2, 0) is 4.74 Å². The summed E-state index contributed by atoms with van der Waals surface area (Å²) in [5.41, 5.74) is 1.36. The Morgan fingerprint density at radius 2 is 1.84 bits per heavy atom. The number of benzene rings is 1. The molecule has 108 valence electrons. The molecule has 0 saturated heterocycles. The molecule has 1 N–H and O–H groups in total. The minimum absolute atomic E-state index is 0.327. The number of hydrogen-bond acceptors (Lipinski definition) is 3. The smallest absolute Gasteiger partial charge is 0.0563 e. The van der Waals surface area contributed by atoms with Crippen LogP contribution in [0.15, 0.2) is 29.2 Å². The van der Waals surface area contributed by atoms with E-state index in [-0.39, 0.29) is 0 Å². The van der Waals surface area contributed by atoms with Crippen LogP contribution in [0.5, 0.6) is 0 Å². The Bertz CT molecular complexity index is 337. The fraction of sp³-hybridized carbons (Fsp3) is 0.625. The Hall–Kier alpha value is -0.510. The molecule has 0 spiro atoms. The van der Waals surface area contributed by atoms with Crippen molar-refractivity contribution in [3.05, 3.63) is 29.8 Å². The first-order valence-electron chi connectivity index (χ1n) is 7.21. The summed E-state index contributed by atoms with van der Waals surface area (Å²) in [6.07, 6.45) is 1.50. The highest BCUT2D eigenvalue weighted by Crippen LogP contribution is 2.21. The van der Waals surface area contributed by atoms with Crippen molar-refractivity contribution in [2.24, 2.45) is 0 Å². The summed E-state index contributed by atoms with van der Waals surface area (Å²) in [6, 6.07) is 9.29. The predicted octanol–water partition coefficient (Wildman–Crippen LogP) is 4.26. The molecule has 0 fully saturated rings. The first-order valence-corrected chi connectivity index (χ1v) is 8.19. The second kappa shape index (κ2) is 9.40. The Morgan fingerprint density at radius 3 is 2.42 bits per heavy atom. The molecule has 0 bridgehead atoms. The average molecular weight is 281 g/mol. The van der Waals surface area contributed by atoms with Gasteiger partial charge in [0.2, 0.25) is 0 Å². The zero-order valence-corrected chi connectivity index (χ0v) is 13.4. The Kier molecular flexibility index (Phi) is 8.19. The standard InChI is InChI=1S/C16H27NOS/c1-5-10-17-14(4)15-6-8-16(9-7-15)19-12-11-18-13(2)3/h6-9,13-14,17H,5,10-12H2,1-4H3. The van der Waals surface area contributed by atoms with E-state index < -0.39 is 0 Å². The topological polar surface area (TPSA) is 21.3 Å². The van der Waals surface area contributed by atoms with E-state index >= 15 is 0 Å². The third-order valence-corrected chi connectivity index (χ3v) is 3.86. The molecule has 0 aliphatic carbocycles. The molecule has 0 saturated carbocycles. The van der Waals surface area contributed by atoms with Gasteiger partial charge in [0.25, 0.3) is 0 Å². The third-order valence-electron chi connectivity index (χ3n) is 2.88. The molecule has 0 aliphatic heterocycles. The molecule has 0 aliphatic rings. The van der Waals surface area contributed by atoms with Gasteiger partial charge < -0.3 is 10.1 Å². The van der Waals surface area contributed by atoms with Crippen LogP contribution in [0.25, 0.3) is 0 Å². The molecule has 1 aromatic rings. The van der Waals surface area contributed by atoms with Crippen molar-refractivity contribution in [3.63, 3.8) is 0 Å². The summed E-state index contributed by atoms with van der Waals surface area (Å²) in [7, 11) is 0. The van der Waals surface area contributed by atoms with Crippen LogP contribution in [0.3, 0.4) is 0 Å². The van der Waals surface area contributed by atoms with Crippen LogP contribution < -0.4 is 5.32 Å². The molecule has 0 radical (unpaired) electrons. The highest BCUT2D eigenvalue weighted by molar-refractivity contribution is 7.99. The molecule has 0 amide bonds. The van der Waals surface area contributed by atoms with Crippen LogP contribution in [-0.4, -0.2) is 25.0 Å². The maximum absolute atomic E-state index is 5.54. The molecular formula is C16H27NOS. The highest BCUT2D eigenvalue weighted by atomic mass is 32.2. The molecule has 1 atom stereocenters. The maximum Gasteiger partial charge on any atom is 0.0563 e. The zero-order valence-electron chi connectivity index (χ0n) is 12.6. The van der Waals surface area contributed by atoms with E-state index in [0.29, 0.717) is 12.1 Å². The SMILES string of the molecule is CCCNC(C)c1ccc(SCCOC(C)C)cc1. The van der Waals surface area contributed by atoms with Gasteiger partial charge in [-0.05, 0) is 51.4 Å². The average Bonchev–Trinajstić information content (AvgIpc) is 2.41. The summed E-state index contributed by atoms with van der Waals surface area (Å²) >= 11 is 1.86. The van der Waals surface area contributed by atoms with Crippen LogP contribution in [0, 0.1) is 0 Å². The zero-order chi connectivity index (χ0) is 14.1. The monoisotopic (exact) mass is 281 g/mol. The van der Waals surface area contributed by atoms with Crippen molar-refractivity contribution in [1.82, 2.24) is 5.32 Å². The van der Waals surface area contributed by atoms with E-state index in [1.807, 2.05) is 11.8 Å². The van der Waals surface area contributed by atoms with E-state index in [9.17, 15) is 0 Å². The molecule has 2 nitrogen and oxygen atoms in total. The molecule has 1 aromatic carbocycles. The molecular weight excluding hydrogens is 254 g/mol. The van der Waals surface area contributed by atoms with Crippen molar-refractivity contribution in [1.29, 1.82) is 0 Å². The van der Waals surface area contributed by atoms with E-state index in [1.165, 1.54) is 16.9 Å². The summed E-state index contributed by atoms with van der Waals surface area (Å²) in [4.78, 5) is 1.32. The van der Waals surface area contributed by atoms with E-state index in [4.69, 9.17) is 4.74 Å². The normalized spacial score (nSPS) is 12.9. The van der Waals surface area contributed by atoms with Crippen molar-refractivity contribution < 1.29 is 4.74 Å². The summed E-state index contributed by atoms with van der Waals surface area (Å²) in [6.45, 7) is 10.4. The van der Waals surface area contributed by atoms with Crippen molar-refractivity contribution in [2.45, 2.75) is 51.2 Å². The number of thioether (sulfide) groups is 1. The molecule has 0 heterocycles. The first kappa shape index (κ1) is 16.5. The lowest BCUT2D eigenvalue weighted by atomic mass is 10.1. The Balaban J connectivity index is 2.34. The number of ether oxygens (including phenoxy) is 1. The quantitative estimate of drug-likeness (QED) is 0.539. The van der Waals surface area contributed by atoms with Gasteiger partial charge in [-0.3, -0.25) is 0 Å². The summed E-state index contributed by atoms with van der Waals surface area (Å²) in [5.74, 6) is 1.02. The molecule has 0 aromatic heterocycles. The fourth-order valence-corrected chi connectivity index (χ4v) is 2.52. The Labute approximate surface area is 122 Å². The highest BCUT2D eigenvalue weighted by Gasteiger charge is 2.04. The van der Waals surface area contributed by atoms with Gasteiger partial charge in [0.15, 0.2) is 0 Å². The summed E-state index contributed by atoms with van der Waals surface area (Å²) in [5, 5.41) is 3.51. The first-order chi connectivity index (χ1) is 9.13. The minimum Gasteiger partial charge on any atom is -0.378 e. The second-order valence-corrected chi connectivity index (χ2v) is 6.18. The van der Waals surface area contributed by atoms with E-state index in [1.54, 1.807) is 0 Å². The minimum atomic E-state index is 0.327. The van der Waals surface area contributed by atoms with E-state index in [0.717, 1.165) is 18.9 Å². The predicted molar refractivity (Wildman–Crippen MR) is 85.0 cm³/mol. The lowest BCUT2D eigenvalue weighted by Crippen LogP contribution is -2.19. The van der Waals surface area contributed by atoms with Gasteiger partial charge in [-0.15, -0.1) is 11.8 Å². The largest absolute Gasteiger partial charge is 0.378 e. The van der Waals surface area contributed by atoms with Gasteiger partial charge in [0.05, 0.1) is 12.7 Å². The fourth-order valence-electron chi connectivity index (χ4n) is 1.77.